The summed E-state index contributed by atoms with van der Waals surface area (Å²) in [5.74, 6) is -0.910. The van der Waals surface area contributed by atoms with Crippen LogP contribution in [-0.4, -0.2) is 54.9 Å². The van der Waals surface area contributed by atoms with E-state index in [2.05, 4.69) is 0 Å². The number of rotatable bonds is 2. The summed E-state index contributed by atoms with van der Waals surface area (Å²) in [5.41, 5.74) is 5.16. The molecule has 0 aromatic carbocycles. The van der Waals surface area contributed by atoms with Gasteiger partial charge >= 0.3 is 5.97 Å². The van der Waals surface area contributed by atoms with Crippen LogP contribution in [-0.2, 0) is 4.79 Å². The van der Waals surface area contributed by atoms with Crippen LogP contribution in [0.15, 0.2) is 0 Å². The number of carboxylic acid groups (broad SMARTS) is 1. The number of hydrogen-bond acceptors (Lipinski definition) is 2. The van der Waals surface area contributed by atoms with Gasteiger partial charge in [-0.3, -0.25) is 4.79 Å². The van der Waals surface area contributed by atoms with Gasteiger partial charge in [-0.15, -0.1) is 0 Å². The van der Waals surface area contributed by atoms with Crippen molar-refractivity contribution >= 4 is 43.7 Å². The zero-order chi connectivity index (χ0) is 6.73. The number of nitrogens with two attached hydrogens (primary N) is 1. The van der Waals surface area contributed by atoms with Crippen molar-refractivity contribution in [1.29, 1.82) is 0 Å². The predicted molar refractivity (Wildman–Crippen MR) is 36.2 cm³/mol. The second-order valence-electron chi connectivity index (χ2n) is 2.11. The molecule has 0 aliphatic heterocycles. The number of hydrogen-bond donors (Lipinski definition) is 2. The van der Waals surface area contributed by atoms with Gasteiger partial charge in [0.2, 0.25) is 0 Å². The van der Waals surface area contributed by atoms with Crippen LogP contribution in [0.1, 0.15) is 13.8 Å². The second kappa shape index (κ2) is 5.47. The Kier molecular flexibility index (Phi) is 7.52. The van der Waals surface area contributed by atoms with Crippen LogP contribution in [0.2, 0.25) is 0 Å². The molecule has 0 aromatic rings. The average Bonchev–Trinajstić information content (AvgIpc) is 1.64. The van der Waals surface area contributed by atoms with E-state index in [-0.39, 0.29) is 43.7 Å². The van der Waals surface area contributed by atoms with Gasteiger partial charge in [0, 0.05) is 37.7 Å². The Morgan fingerprint density at radius 2 is 1.89 bits per heavy atom. The molecule has 0 aromatic heterocycles. The number of aliphatic carboxylic acids is 1. The quantitative estimate of drug-likeness (QED) is 0.540. The molecule has 0 rings (SSSR count). The van der Waals surface area contributed by atoms with Gasteiger partial charge in [-0.1, -0.05) is 13.8 Å². The first-order valence-electron chi connectivity index (χ1n) is 2.54. The van der Waals surface area contributed by atoms with E-state index in [4.69, 9.17) is 10.8 Å². The van der Waals surface area contributed by atoms with E-state index >= 15 is 0 Å². The van der Waals surface area contributed by atoms with Gasteiger partial charge in [0.05, 0.1) is 0 Å². The van der Waals surface area contributed by atoms with Crippen LogP contribution in [0.5, 0.6) is 0 Å². The minimum Gasteiger partial charge on any atom is -0.480 e. The standard InChI is InChI=1S/C5H11NO2.Ca/c1-3(2)4(6)5(7)8;/h3-4H,6H2,1-2H3,(H,7,8);. The largest absolute Gasteiger partial charge is 0.480 e. The Morgan fingerprint density at radius 1 is 1.56 bits per heavy atom. The number of carbonyl (C=O) groups is 1. The summed E-state index contributed by atoms with van der Waals surface area (Å²) in [6, 6.07) is -0.713. The Hall–Kier alpha value is 0.690. The number of carboxylic acids is 1. The predicted octanol–water partition coefficient (Wildman–Crippen LogP) is -0.327. The van der Waals surface area contributed by atoms with Gasteiger partial charge in [0.25, 0.3) is 0 Å². The Morgan fingerprint density at radius 3 is 1.89 bits per heavy atom. The third-order valence-electron chi connectivity index (χ3n) is 1.00. The molecule has 9 heavy (non-hydrogen) atoms. The molecule has 0 bridgehead atoms. The zero-order valence-corrected chi connectivity index (χ0v) is 8.00. The van der Waals surface area contributed by atoms with E-state index < -0.39 is 12.0 Å². The van der Waals surface area contributed by atoms with Crippen LogP contribution in [0.3, 0.4) is 0 Å². The fraction of sp³-hybridized carbons (Fsp3) is 0.800. The fourth-order valence-corrected chi connectivity index (χ4v) is 0.285. The normalized spacial score (nSPS) is 12.4. The Labute approximate surface area is 84.6 Å². The molecule has 3 N–H and O–H groups in total. The molecule has 0 aliphatic carbocycles. The maximum Gasteiger partial charge on any atom is 0.320 e. The summed E-state index contributed by atoms with van der Waals surface area (Å²) in [4.78, 5) is 10.0. The van der Waals surface area contributed by atoms with Crippen LogP contribution >= 0.6 is 0 Å². The molecule has 0 saturated carbocycles. The molecule has 0 saturated heterocycles. The van der Waals surface area contributed by atoms with E-state index in [0.717, 1.165) is 0 Å². The topological polar surface area (TPSA) is 63.3 Å². The molecule has 0 spiro atoms. The Bertz CT molecular complexity index is 95.0. The Balaban J connectivity index is 0. The fourth-order valence-electron chi connectivity index (χ4n) is 0.285. The molecule has 3 nitrogen and oxygen atoms in total. The van der Waals surface area contributed by atoms with Gasteiger partial charge in [0.1, 0.15) is 6.04 Å². The summed E-state index contributed by atoms with van der Waals surface area (Å²) in [5, 5.41) is 8.23. The molecular formula is C5H11CaNO2. The summed E-state index contributed by atoms with van der Waals surface area (Å²) in [6.45, 7) is 3.55. The smallest absolute Gasteiger partial charge is 0.320 e. The molecule has 2 radical (unpaired) electrons. The van der Waals surface area contributed by atoms with E-state index in [0.29, 0.717) is 0 Å². The van der Waals surface area contributed by atoms with Crippen molar-refractivity contribution in [3.8, 4) is 0 Å². The van der Waals surface area contributed by atoms with Crippen molar-refractivity contribution in [3.63, 3.8) is 0 Å². The molecule has 1 unspecified atom stereocenters. The first-order valence-corrected chi connectivity index (χ1v) is 2.54. The summed E-state index contributed by atoms with van der Waals surface area (Å²) in [6.07, 6.45) is 0. The first kappa shape index (κ1) is 12.4. The molecular weight excluding hydrogens is 146 g/mol. The summed E-state index contributed by atoms with van der Waals surface area (Å²) < 4.78 is 0. The van der Waals surface area contributed by atoms with Crippen molar-refractivity contribution in [2.75, 3.05) is 0 Å². The molecule has 0 aliphatic rings. The van der Waals surface area contributed by atoms with Gasteiger partial charge in [-0.05, 0) is 5.92 Å². The van der Waals surface area contributed by atoms with Crippen LogP contribution in [0.4, 0.5) is 0 Å². The third kappa shape index (κ3) is 5.15. The van der Waals surface area contributed by atoms with E-state index in [1.165, 1.54) is 0 Å². The SMILES string of the molecule is CC(C)C(N)C(=O)O.[Ca]. The average molecular weight is 157 g/mol. The van der Waals surface area contributed by atoms with Gasteiger partial charge in [0.15, 0.2) is 0 Å². The maximum atomic E-state index is 10.0. The maximum absolute atomic E-state index is 10.0. The summed E-state index contributed by atoms with van der Waals surface area (Å²) in [7, 11) is 0. The van der Waals surface area contributed by atoms with Crippen molar-refractivity contribution in [2.45, 2.75) is 19.9 Å². The third-order valence-corrected chi connectivity index (χ3v) is 1.00. The summed E-state index contributed by atoms with van der Waals surface area (Å²) >= 11 is 0. The van der Waals surface area contributed by atoms with E-state index in [1.807, 2.05) is 0 Å². The molecule has 1 atom stereocenters. The second-order valence-corrected chi connectivity index (χ2v) is 2.11. The van der Waals surface area contributed by atoms with Crippen molar-refractivity contribution in [1.82, 2.24) is 0 Å². The zero-order valence-electron chi connectivity index (χ0n) is 5.79. The molecule has 50 valence electrons. The molecule has 0 amide bonds. The molecule has 0 heterocycles. The van der Waals surface area contributed by atoms with Crippen LogP contribution in [0.25, 0.3) is 0 Å². The molecule has 4 heteroatoms. The van der Waals surface area contributed by atoms with Crippen LogP contribution in [0, 0.1) is 5.92 Å². The minimum atomic E-state index is -0.931. The van der Waals surface area contributed by atoms with Gasteiger partial charge in [-0.2, -0.15) is 0 Å². The van der Waals surface area contributed by atoms with Gasteiger partial charge < -0.3 is 10.8 Å². The minimum absolute atomic E-state index is 0. The van der Waals surface area contributed by atoms with Crippen molar-refractivity contribution in [3.05, 3.63) is 0 Å². The van der Waals surface area contributed by atoms with E-state index in [1.54, 1.807) is 13.8 Å². The van der Waals surface area contributed by atoms with Crippen molar-refractivity contribution in [2.24, 2.45) is 11.7 Å². The monoisotopic (exact) mass is 157 g/mol. The van der Waals surface area contributed by atoms with Gasteiger partial charge in [-0.25, -0.2) is 0 Å². The first-order chi connectivity index (χ1) is 3.55. The molecule has 0 fully saturated rings. The van der Waals surface area contributed by atoms with Crippen LogP contribution < -0.4 is 5.73 Å². The van der Waals surface area contributed by atoms with Crippen molar-refractivity contribution < 1.29 is 9.90 Å². The van der Waals surface area contributed by atoms with E-state index in [9.17, 15) is 4.79 Å².